The zero-order valence-corrected chi connectivity index (χ0v) is 20.4. The van der Waals surface area contributed by atoms with Gasteiger partial charge < -0.3 is 20.6 Å². The topological polar surface area (TPSA) is 111 Å². The second-order valence-corrected chi connectivity index (χ2v) is 8.72. The number of carbonyl (C=O) groups excluding carboxylic acids is 1. The molecule has 3 N–H and O–H groups in total. The molecular formula is C26H26F2N8O2. The predicted molar refractivity (Wildman–Crippen MR) is 140 cm³/mol. The first-order valence-electron chi connectivity index (χ1n) is 12.0. The van der Waals surface area contributed by atoms with Crippen LogP contribution in [-0.4, -0.2) is 74.6 Å². The number of imidazole rings is 1. The van der Waals surface area contributed by atoms with Crippen molar-refractivity contribution in [3.8, 4) is 11.3 Å². The first-order chi connectivity index (χ1) is 18.5. The van der Waals surface area contributed by atoms with Crippen molar-refractivity contribution in [3.63, 3.8) is 0 Å². The summed E-state index contributed by atoms with van der Waals surface area (Å²) in [5.74, 6) is -2.24. The van der Waals surface area contributed by atoms with Crippen molar-refractivity contribution in [2.24, 2.45) is 0 Å². The van der Waals surface area contributed by atoms with Crippen LogP contribution in [0, 0.1) is 11.6 Å². The van der Waals surface area contributed by atoms with Crippen molar-refractivity contribution in [3.05, 3.63) is 73.3 Å². The van der Waals surface area contributed by atoms with E-state index in [0.717, 1.165) is 0 Å². The van der Waals surface area contributed by atoms with Crippen LogP contribution in [0.2, 0.25) is 0 Å². The number of carbonyl (C=O) groups is 1. The molecule has 1 aliphatic heterocycles. The maximum Gasteiger partial charge on any atom is 0.247 e. The van der Waals surface area contributed by atoms with Crippen LogP contribution in [0.1, 0.15) is 0 Å². The van der Waals surface area contributed by atoms with Gasteiger partial charge in [0.15, 0.2) is 17.3 Å². The minimum absolute atomic E-state index is 0.0678. The van der Waals surface area contributed by atoms with Crippen LogP contribution < -0.4 is 15.5 Å². The summed E-state index contributed by atoms with van der Waals surface area (Å²) in [5.41, 5.74) is 2.31. The number of benzene rings is 2. The molecule has 0 atom stereocenters. The van der Waals surface area contributed by atoms with Crippen LogP contribution in [0.15, 0.2) is 61.7 Å². The number of anilines is 4. The maximum absolute atomic E-state index is 15.1. The highest BCUT2D eigenvalue weighted by Crippen LogP contribution is 2.30. The SMILES string of the molecule is C=CC(=O)Nc1cccc(-c2ncn3cnc(Nc4ccc(N5CCN(CCO)CC5)c(F)c4F)nc23)c1. The summed E-state index contributed by atoms with van der Waals surface area (Å²) < 4.78 is 31.7. The number of rotatable bonds is 8. The van der Waals surface area contributed by atoms with Gasteiger partial charge in [0.25, 0.3) is 0 Å². The number of halogens is 2. The van der Waals surface area contributed by atoms with Crippen molar-refractivity contribution in [2.45, 2.75) is 0 Å². The third-order valence-electron chi connectivity index (χ3n) is 6.31. The van der Waals surface area contributed by atoms with Crippen LogP contribution in [-0.2, 0) is 4.79 Å². The van der Waals surface area contributed by atoms with Gasteiger partial charge in [0.05, 0.1) is 18.0 Å². The maximum atomic E-state index is 15.1. The standard InChI is InChI=1S/C26H26F2N8O2/c1-2-21(38)31-18-5-3-4-17(14-18)24-25-33-26(30-16-36(25)15-29-24)32-19-6-7-20(23(28)22(19)27)35-10-8-34(9-11-35)12-13-37/h2-7,14-16,37H,1,8-13H2,(H,31,38)(H,32,33). The highest BCUT2D eigenvalue weighted by atomic mass is 19.2. The number of hydrogen-bond donors (Lipinski definition) is 3. The third-order valence-corrected chi connectivity index (χ3v) is 6.31. The number of amides is 1. The van der Waals surface area contributed by atoms with Crippen LogP contribution in [0.3, 0.4) is 0 Å². The van der Waals surface area contributed by atoms with Crippen molar-refractivity contribution in [2.75, 3.05) is 54.9 Å². The molecule has 1 aliphatic rings. The molecule has 0 spiro atoms. The summed E-state index contributed by atoms with van der Waals surface area (Å²) in [6.07, 6.45) is 4.19. The van der Waals surface area contributed by atoms with Crippen LogP contribution in [0.4, 0.5) is 31.8 Å². The smallest absolute Gasteiger partial charge is 0.247 e. The van der Waals surface area contributed by atoms with Gasteiger partial charge in [-0.2, -0.15) is 4.98 Å². The number of aliphatic hydroxyl groups excluding tert-OH is 1. The Labute approximate surface area is 217 Å². The Hall–Kier alpha value is -4.42. The van der Waals surface area contributed by atoms with E-state index >= 15 is 8.78 Å². The molecule has 0 unspecified atom stereocenters. The number of piperazine rings is 1. The Morgan fingerprint density at radius 1 is 1.08 bits per heavy atom. The fourth-order valence-corrected chi connectivity index (χ4v) is 4.35. The summed E-state index contributed by atoms with van der Waals surface area (Å²) in [6, 6.07) is 10.1. The molecule has 0 radical (unpaired) electrons. The fourth-order valence-electron chi connectivity index (χ4n) is 4.35. The molecule has 5 rings (SSSR count). The molecule has 1 amide bonds. The second kappa shape index (κ2) is 10.9. The van der Waals surface area contributed by atoms with Crippen LogP contribution >= 0.6 is 0 Å². The number of aliphatic hydroxyl groups is 1. The van der Waals surface area contributed by atoms with Gasteiger partial charge in [-0.05, 0) is 30.3 Å². The number of fused-ring (bicyclic) bond motifs is 1. The van der Waals surface area contributed by atoms with Gasteiger partial charge in [0.1, 0.15) is 18.3 Å². The molecule has 0 bridgehead atoms. The Kier molecular flexibility index (Phi) is 7.24. The third kappa shape index (κ3) is 5.17. The lowest BCUT2D eigenvalue weighted by atomic mass is 10.1. The molecule has 0 saturated carbocycles. The molecular weight excluding hydrogens is 494 g/mol. The average Bonchev–Trinajstić information content (AvgIpc) is 3.36. The van der Waals surface area contributed by atoms with Crippen molar-refractivity contribution >= 4 is 34.6 Å². The Morgan fingerprint density at radius 3 is 2.63 bits per heavy atom. The number of nitrogens with zero attached hydrogens (tertiary/aromatic N) is 6. The highest BCUT2D eigenvalue weighted by Gasteiger charge is 2.23. The number of aromatic nitrogens is 4. The van der Waals surface area contributed by atoms with Crippen molar-refractivity contribution in [1.29, 1.82) is 0 Å². The van der Waals surface area contributed by atoms with Crippen LogP contribution in [0.5, 0.6) is 0 Å². The Morgan fingerprint density at radius 2 is 1.87 bits per heavy atom. The van der Waals surface area contributed by atoms with Crippen molar-refractivity contribution < 1.29 is 18.7 Å². The van der Waals surface area contributed by atoms with E-state index in [4.69, 9.17) is 5.11 Å². The van der Waals surface area contributed by atoms with E-state index in [0.29, 0.717) is 55.3 Å². The quantitative estimate of drug-likeness (QED) is 0.304. The molecule has 3 heterocycles. The largest absolute Gasteiger partial charge is 0.395 e. The van der Waals surface area contributed by atoms with Gasteiger partial charge in [0, 0.05) is 44.0 Å². The summed E-state index contributed by atoms with van der Waals surface area (Å²) in [5, 5.41) is 14.6. The monoisotopic (exact) mass is 520 g/mol. The zero-order valence-electron chi connectivity index (χ0n) is 20.4. The zero-order chi connectivity index (χ0) is 26.6. The Bertz CT molecular complexity index is 1480. The number of nitrogens with one attached hydrogen (secondary N) is 2. The molecule has 1 saturated heterocycles. The minimum atomic E-state index is -1.02. The molecule has 0 aliphatic carbocycles. The van der Waals surface area contributed by atoms with Crippen LogP contribution in [0.25, 0.3) is 16.9 Å². The van der Waals surface area contributed by atoms with E-state index in [-0.39, 0.29) is 29.8 Å². The lowest BCUT2D eigenvalue weighted by Gasteiger charge is -2.36. The van der Waals surface area contributed by atoms with Gasteiger partial charge in [-0.15, -0.1) is 0 Å². The first-order valence-corrected chi connectivity index (χ1v) is 12.0. The fraction of sp³-hybridized carbons (Fsp3) is 0.231. The van der Waals surface area contributed by atoms with Crippen molar-refractivity contribution in [1.82, 2.24) is 24.3 Å². The molecule has 12 heteroatoms. The van der Waals surface area contributed by atoms with Gasteiger partial charge >= 0.3 is 0 Å². The molecule has 38 heavy (non-hydrogen) atoms. The summed E-state index contributed by atoms with van der Waals surface area (Å²) in [7, 11) is 0. The molecule has 196 valence electrons. The predicted octanol–water partition coefficient (Wildman–Crippen LogP) is 3.05. The summed E-state index contributed by atoms with van der Waals surface area (Å²) in [6.45, 7) is 6.47. The van der Waals surface area contributed by atoms with E-state index in [2.05, 4.69) is 37.1 Å². The molecule has 2 aromatic carbocycles. The van der Waals surface area contributed by atoms with E-state index < -0.39 is 11.6 Å². The molecule has 2 aromatic heterocycles. The summed E-state index contributed by atoms with van der Waals surface area (Å²) in [4.78, 5) is 28.6. The Balaban J connectivity index is 1.37. The second-order valence-electron chi connectivity index (χ2n) is 8.72. The normalized spacial score (nSPS) is 14.0. The molecule has 4 aromatic rings. The van der Waals surface area contributed by atoms with Gasteiger partial charge in [-0.1, -0.05) is 18.7 Å². The molecule has 10 nitrogen and oxygen atoms in total. The first kappa shape index (κ1) is 25.2. The van der Waals surface area contributed by atoms with E-state index in [1.807, 2.05) is 6.07 Å². The van der Waals surface area contributed by atoms with Gasteiger partial charge in [0.2, 0.25) is 11.9 Å². The minimum Gasteiger partial charge on any atom is -0.395 e. The number of hydrogen-bond acceptors (Lipinski definition) is 8. The lowest BCUT2D eigenvalue weighted by Crippen LogP contribution is -2.47. The van der Waals surface area contributed by atoms with Gasteiger partial charge in [-0.3, -0.25) is 14.1 Å². The average molecular weight is 521 g/mol. The number of β-amino-alcohol motifs (C(OH)–C–C–N with tert-alkyl or cyclic N) is 1. The molecule has 1 fully saturated rings. The highest BCUT2D eigenvalue weighted by molar-refractivity contribution is 5.99. The van der Waals surface area contributed by atoms with E-state index in [1.54, 1.807) is 33.8 Å². The van der Waals surface area contributed by atoms with Gasteiger partial charge in [-0.25, -0.2) is 18.7 Å². The van der Waals surface area contributed by atoms with E-state index in [9.17, 15) is 4.79 Å². The van der Waals surface area contributed by atoms with E-state index in [1.165, 1.54) is 24.5 Å². The summed E-state index contributed by atoms with van der Waals surface area (Å²) >= 11 is 0. The lowest BCUT2D eigenvalue weighted by molar-refractivity contribution is -0.111.